The van der Waals surface area contributed by atoms with E-state index in [1.54, 1.807) is 13.0 Å². The summed E-state index contributed by atoms with van der Waals surface area (Å²) in [5, 5.41) is 4.48. The summed E-state index contributed by atoms with van der Waals surface area (Å²) in [5.41, 5.74) is 0.811. The number of amides is 3. The van der Waals surface area contributed by atoms with Crippen molar-refractivity contribution in [2.75, 3.05) is 6.54 Å². The van der Waals surface area contributed by atoms with Crippen LogP contribution >= 0.6 is 15.9 Å². The third-order valence-corrected chi connectivity index (χ3v) is 2.99. The molecule has 0 aromatic heterocycles. The lowest BCUT2D eigenvalue weighted by Gasteiger charge is -2.11. The largest absolute Gasteiger partial charge is 0.449 e. The summed E-state index contributed by atoms with van der Waals surface area (Å²) in [5.74, 6) is -1.35. The number of benzene rings is 1. The van der Waals surface area contributed by atoms with Gasteiger partial charge in [0.15, 0.2) is 6.10 Å². The lowest BCUT2D eigenvalue weighted by molar-refractivity contribution is -0.149. The van der Waals surface area contributed by atoms with Gasteiger partial charge in [-0.3, -0.25) is 10.1 Å². The van der Waals surface area contributed by atoms with Gasteiger partial charge in [0.1, 0.15) is 0 Å². The molecule has 0 spiro atoms. The fraction of sp³-hybridized carbons (Fsp3) is 0.267. The third-order valence-electron chi connectivity index (χ3n) is 2.50. The van der Waals surface area contributed by atoms with Gasteiger partial charge in [0, 0.05) is 17.1 Å². The SMILES string of the molecule is CCNC(=O)NC(=O)C(C)OC(=O)C=Cc1cccc(Br)c1. The van der Waals surface area contributed by atoms with Crippen molar-refractivity contribution in [3.8, 4) is 0 Å². The fourth-order valence-corrected chi connectivity index (χ4v) is 1.88. The smallest absolute Gasteiger partial charge is 0.331 e. The van der Waals surface area contributed by atoms with Crippen LogP contribution in [0.25, 0.3) is 6.08 Å². The predicted molar refractivity (Wildman–Crippen MR) is 85.9 cm³/mol. The summed E-state index contributed by atoms with van der Waals surface area (Å²) in [7, 11) is 0. The summed E-state index contributed by atoms with van der Waals surface area (Å²) in [6.45, 7) is 3.50. The van der Waals surface area contributed by atoms with Gasteiger partial charge >= 0.3 is 12.0 Å². The molecule has 0 bridgehead atoms. The maximum absolute atomic E-state index is 11.6. The summed E-state index contributed by atoms with van der Waals surface area (Å²) in [6.07, 6.45) is 1.72. The summed E-state index contributed by atoms with van der Waals surface area (Å²) >= 11 is 3.32. The van der Waals surface area contributed by atoms with Crippen LogP contribution in [-0.2, 0) is 14.3 Å². The molecule has 1 aromatic rings. The molecule has 1 rings (SSSR count). The van der Waals surface area contributed by atoms with Crippen molar-refractivity contribution < 1.29 is 19.1 Å². The molecule has 0 saturated carbocycles. The number of carbonyl (C=O) groups excluding carboxylic acids is 3. The van der Waals surface area contributed by atoms with Gasteiger partial charge in [0.05, 0.1) is 0 Å². The van der Waals surface area contributed by atoms with Gasteiger partial charge in [0.2, 0.25) is 0 Å². The third kappa shape index (κ3) is 6.53. The number of ether oxygens (including phenoxy) is 1. The van der Waals surface area contributed by atoms with Crippen molar-refractivity contribution in [2.45, 2.75) is 20.0 Å². The summed E-state index contributed by atoms with van der Waals surface area (Å²) in [6, 6.07) is 6.72. The molecule has 2 N–H and O–H groups in total. The number of esters is 1. The van der Waals surface area contributed by atoms with E-state index in [-0.39, 0.29) is 0 Å². The molecule has 6 nitrogen and oxygen atoms in total. The van der Waals surface area contributed by atoms with Gasteiger partial charge < -0.3 is 10.1 Å². The average molecular weight is 369 g/mol. The van der Waals surface area contributed by atoms with Gasteiger partial charge in [-0.15, -0.1) is 0 Å². The Kier molecular flexibility index (Phi) is 7.31. The maximum atomic E-state index is 11.6. The van der Waals surface area contributed by atoms with E-state index in [2.05, 4.69) is 26.6 Å². The topological polar surface area (TPSA) is 84.5 Å². The number of hydrogen-bond acceptors (Lipinski definition) is 4. The van der Waals surface area contributed by atoms with Crippen LogP contribution in [0.2, 0.25) is 0 Å². The highest BCUT2D eigenvalue weighted by atomic mass is 79.9. The molecule has 0 heterocycles. The molecular weight excluding hydrogens is 352 g/mol. The van der Waals surface area contributed by atoms with E-state index in [9.17, 15) is 14.4 Å². The lowest BCUT2D eigenvalue weighted by atomic mass is 10.2. The first-order valence-electron chi connectivity index (χ1n) is 6.65. The Hall–Kier alpha value is -2.15. The number of nitrogens with one attached hydrogen (secondary N) is 2. The molecule has 1 atom stereocenters. The predicted octanol–water partition coefficient (Wildman–Crippen LogP) is 2.24. The first kappa shape index (κ1) is 17.9. The van der Waals surface area contributed by atoms with Crippen molar-refractivity contribution >= 4 is 39.9 Å². The highest BCUT2D eigenvalue weighted by Gasteiger charge is 2.18. The van der Waals surface area contributed by atoms with Crippen LogP contribution in [0.15, 0.2) is 34.8 Å². The van der Waals surface area contributed by atoms with Crippen LogP contribution in [0.1, 0.15) is 19.4 Å². The van der Waals surface area contributed by atoms with Crippen molar-refractivity contribution in [1.29, 1.82) is 0 Å². The molecule has 0 fully saturated rings. The van der Waals surface area contributed by atoms with Gasteiger partial charge in [0.25, 0.3) is 5.91 Å². The molecule has 22 heavy (non-hydrogen) atoms. The summed E-state index contributed by atoms with van der Waals surface area (Å²) in [4.78, 5) is 34.4. The molecule has 0 radical (unpaired) electrons. The molecule has 118 valence electrons. The zero-order chi connectivity index (χ0) is 16.5. The molecule has 0 aliphatic rings. The average Bonchev–Trinajstić information content (AvgIpc) is 2.45. The van der Waals surface area contributed by atoms with Crippen molar-refractivity contribution in [3.05, 3.63) is 40.4 Å². The van der Waals surface area contributed by atoms with E-state index in [4.69, 9.17) is 4.74 Å². The van der Waals surface area contributed by atoms with Crippen LogP contribution in [0.5, 0.6) is 0 Å². The molecule has 0 aliphatic carbocycles. The van der Waals surface area contributed by atoms with Crippen molar-refractivity contribution in [1.82, 2.24) is 10.6 Å². The molecule has 0 saturated heterocycles. The number of imide groups is 1. The fourth-order valence-electron chi connectivity index (χ4n) is 1.46. The maximum Gasteiger partial charge on any atom is 0.331 e. The molecule has 7 heteroatoms. The van der Waals surface area contributed by atoms with Gasteiger partial charge in [-0.05, 0) is 37.6 Å². The first-order chi connectivity index (χ1) is 10.4. The summed E-state index contributed by atoms with van der Waals surface area (Å²) < 4.78 is 5.80. The molecular formula is C15H17BrN2O4. The van der Waals surface area contributed by atoms with Gasteiger partial charge in [-0.1, -0.05) is 28.1 Å². The van der Waals surface area contributed by atoms with E-state index in [1.165, 1.54) is 13.0 Å². The number of carbonyl (C=O) groups is 3. The molecule has 0 aliphatic heterocycles. The Morgan fingerprint density at radius 1 is 1.36 bits per heavy atom. The van der Waals surface area contributed by atoms with E-state index in [1.807, 2.05) is 24.3 Å². The van der Waals surface area contributed by atoms with Crippen LogP contribution < -0.4 is 10.6 Å². The highest BCUT2D eigenvalue weighted by molar-refractivity contribution is 9.10. The minimum atomic E-state index is -1.07. The molecule has 3 amide bonds. The first-order valence-corrected chi connectivity index (χ1v) is 7.44. The number of rotatable bonds is 5. The highest BCUT2D eigenvalue weighted by Crippen LogP contribution is 2.12. The Bertz CT molecular complexity index is 587. The van der Waals surface area contributed by atoms with Crippen molar-refractivity contribution in [2.24, 2.45) is 0 Å². The normalized spacial score (nSPS) is 11.8. The molecule has 1 aromatic carbocycles. The van der Waals surface area contributed by atoms with Crippen LogP contribution in [0, 0.1) is 0 Å². The Morgan fingerprint density at radius 3 is 2.73 bits per heavy atom. The second kappa shape index (κ2) is 8.99. The van der Waals surface area contributed by atoms with E-state index < -0.39 is 24.0 Å². The molecule has 1 unspecified atom stereocenters. The Balaban J connectivity index is 2.50. The number of hydrogen-bond donors (Lipinski definition) is 2. The standard InChI is InChI=1S/C15H17BrN2O4/c1-3-17-15(21)18-14(20)10(2)22-13(19)8-7-11-5-4-6-12(16)9-11/h4-10H,3H2,1-2H3,(H2,17,18,20,21). The number of urea groups is 1. The minimum Gasteiger partial charge on any atom is -0.449 e. The van der Waals surface area contributed by atoms with E-state index in [0.717, 1.165) is 10.0 Å². The monoisotopic (exact) mass is 368 g/mol. The quantitative estimate of drug-likeness (QED) is 0.616. The van der Waals surface area contributed by atoms with Gasteiger partial charge in [-0.25, -0.2) is 9.59 Å². The minimum absolute atomic E-state index is 0.392. The van der Waals surface area contributed by atoms with E-state index >= 15 is 0 Å². The number of halogens is 1. The van der Waals surface area contributed by atoms with E-state index in [0.29, 0.717) is 6.54 Å². The van der Waals surface area contributed by atoms with Crippen LogP contribution in [0.4, 0.5) is 4.79 Å². The van der Waals surface area contributed by atoms with Gasteiger partial charge in [-0.2, -0.15) is 0 Å². The van der Waals surface area contributed by atoms with Crippen LogP contribution in [0.3, 0.4) is 0 Å². The second-order valence-corrected chi connectivity index (χ2v) is 5.23. The van der Waals surface area contributed by atoms with Crippen LogP contribution in [-0.4, -0.2) is 30.6 Å². The Morgan fingerprint density at radius 2 is 2.09 bits per heavy atom. The second-order valence-electron chi connectivity index (χ2n) is 4.32. The zero-order valence-electron chi connectivity index (χ0n) is 12.3. The zero-order valence-corrected chi connectivity index (χ0v) is 13.8. The van der Waals surface area contributed by atoms with Crippen molar-refractivity contribution in [3.63, 3.8) is 0 Å². The Labute approximate surface area is 137 Å². The lowest BCUT2D eigenvalue weighted by Crippen LogP contribution is -2.44.